The third-order valence-electron chi connectivity index (χ3n) is 4.89. The second kappa shape index (κ2) is 9.69. The third-order valence-corrected chi connectivity index (χ3v) is 4.89. The summed E-state index contributed by atoms with van der Waals surface area (Å²) in [6, 6.07) is 2.11. The number of amides is 2. The van der Waals surface area contributed by atoms with E-state index in [1.165, 1.54) is 11.0 Å². The highest BCUT2D eigenvalue weighted by atomic mass is 19.1. The largest absolute Gasteiger partial charge is 0.343 e. The van der Waals surface area contributed by atoms with Crippen molar-refractivity contribution in [1.82, 2.24) is 15.2 Å². The van der Waals surface area contributed by atoms with Crippen LogP contribution in [-0.4, -0.2) is 58.4 Å². The van der Waals surface area contributed by atoms with E-state index in [9.17, 15) is 18.8 Å². The van der Waals surface area contributed by atoms with E-state index in [1.807, 2.05) is 0 Å². The van der Waals surface area contributed by atoms with Gasteiger partial charge in [0.2, 0.25) is 11.8 Å². The number of aryl methyl sites for hydroxylation is 1. The van der Waals surface area contributed by atoms with Crippen LogP contribution in [0.5, 0.6) is 0 Å². The van der Waals surface area contributed by atoms with Crippen LogP contribution in [0, 0.1) is 17.1 Å². The van der Waals surface area contributed by atoms with Gasteiger partial charge in [-0.25, -0.2) is 4.39 Å². The summed E-state index contributed by atoms with van der Waals surface area (Å²) in [4.78, 5) is 42.1. The first-order valence-corrected chi connectivity index (χ1v) is 9.63. The van der Waals surface area contributed by atoms with Crippen LogP contribution < -0.4 is 11.1 Å². The van der Waals surface area contributed by atoms with Crippen molar-refractivity contribution in [3.8, 4) is 0 Å². The second-order valence-corrected chi connectivity index (χ2v) is 7.91. The smallest absolute Gasteiger partial charge is 0.245 e. The van der Waals surface area contributed by atoms with Crippen LogP contribution in [0.25, 0.3) is 0 Å². The van der Waals surface area contributed by atoms with Crippen LogP contribution in [0.4, 0.5) is 4.39 Å². The standard InChI is InChI=1S/C20H28FN5O3/c1-20(2,23)19(29)25-17(5-3-4-15-7-6-14(21)10-24-15)18(28)26-9-8-16(22)13(11-26)12-27/h6-7,10,12-13,17,22H,3-5,8-9,11,23H2,1-2H3,(H,25,29)/t13?,17-/m1/s1. The molecule has 0 saturated carbocycles. The van der Waals surface area contributed by atoms with Crippen molar-refractivity contribution in [3.05, 3.63) is 29.8 Å². The number of rotatable bonds is 8. The van der Waals surface area contributed by atoms with E-state index in [0.29, 0.717) is 49.9 Å². The van der Waals surface area contributed by atoms with Gasteiger partial charge in [-0.2, -0.15) is 0 Å². The molecule has 1 aliphatic rings. The first-order chi connectivity index (χ1) is 13.6. The molecule has 2 amide bonds. The number of nitrogens with zero attached hydrogens (tertiary/aromatic N) is 2. The zero-order valence-electron chi connectivity index (χ0n) is 16.8. The second-order valence-electron chi connectivity index (χ2n) is 7.91. The molecule has 1 aromatic heterocycles. The fourth-order valence-electron chi connectivity index (χ4n) is 3.07. The first kappa shape index (κ1) is 22.6. The molecule has 2 rings (SSSR count). The molecule has 2 heterocycles. The van der Waals surface area contributed by atoms with Gasteiger partial charge in [0.1, 0.15) is 18.1 Å². The Hall–Kier alpha value is -2.68. The van der Waals surface area contributed by atoms with Gasteiger partial charge in [-0.05, 0) is 45.2 Å². The molecule has 0 bridgehead atoms. The van der Waals surface area contributed by atoms with E-state index in [-0.39, 0.29) is 12.5 Å². The number of nitrogens with one attached hydrogen (secondary N) is 2. The van der Waals surface area contributed by atoms with Crippen molar-refractivity contribution in [3.63, 3.8) is 0 Å². The molecule has 1 aromatic rings. The number of pyridine rings is 1. The molecule has 0 radical (unpaired) electrons. The maximum absolute atomic E-state index is 13.0. The van der Waals surface area contributed by atoms with Gasteiger partial charge in [-0.1, -0.05) is 0 Å². The quantitative estimate of drug-likeness (QED) is 0.552. The first-order valence-electron chi connectivity index (χ1n) is 9.63. The number of carbonyl (C=O) groups is 3. The highest BCUT2D eigenvalue weighted by Gasteiger charge is 2.33. The van der Waals surface area contributed by atoms with Gasteiger partial charge < -0.3 is 26.2 Å². The number of nitrogens with two attached hydrogens (primary N) is 1. The van der Waals surface area contributed by atoms with Crippen molar-refractivity contribution < 1.29 is 18.8 Å². The number of aldehydes is 1. The lowest BCUT2D eigenvalue weighted by Crippen LogP contribution is -2.57. The van der Waals surface area contributed by atoms with E-state index < -0.39 is 29.2 Å². The Bertz CT molecular complexity index is 760. The molecule has 1 aliphatic heterocycles. The monoisotopic (exact) mass is 405 g/mol. The van der Waals surface area contributed by atoms with Crippen LogP contribution in [0.3, 0.4) is 0 Å². The highest BCUT2D eigenvalue weighted by molar-refractivity contribution is 5.98. The summed E-state index contributed by atoms with van der Waals surface area (Å²) in [5, 5.41) is 10.5. The van der Waals surface area contributed by atoms with Crippen molar-refractivity contribution in [2.45, 2.75) is 51.1 Å². The number of aromatic nitrogens is 1. The van der Waals surface area contributed by atoms with Gasteiger partial charge in [0.05, 0.1) is 17.7 Å². The zero-order valence-corrected chi connectivity index (χ0v) is 16.8. The summed E-state index contributed by atoms with van der Waals surface area (Å²) in [6.07, 6.45) is 3.56. The lowest BCUT2D eigenvalue weighted by atomic mass is 9.95. The maximum Gasteiger partial charge on any atom is 0.245 e. The molecule has 8 nitrogen and oxygen atoms in total. The zero-order chi connectivity index (χ0) is 21.6. The Morgan fingerprint density at radius 1 is 1.48 bits per heavy atom. The van der Waals surface area contributed by atoms with Gasteiger partial charge in [-0.15, -0.1) is 0 Å². The predicted molar refractivity (Wildman–Crippen MR) is 106 cm³/mol. The fourth-order valence-corrected chi connectivity index (χ4v) is 3.07. The van der Waals surface area contributed by atoms with E-state index in [0.717, 1.165) is 6.20 Å². The molecule has 29 heavy (non-hydrogen) atoms. The van der Waals surface area contributed by atoms with Gasteiger partial charge in [0.15, 0.2) is 0 Å². The Labute approximate surface area is 169 Å². The van der Waals surface area contributed by atoms with Crippen molar-refractivity contribution >= 4 is 23.8 Å². The predicted octanol–water partition coefficient (Wildman–Crippen LogP) is 0.833. The summed E-state index contributed by atoms with van der Waals surface area (Å²) in [7, 11) is 0. The van der Waals surface area contributed by atoms with Crippen LogP contribution in [-0.2, 0) is 20.8 Å². The number of piperidine rings is 1. The number of hydrogen-bond donors (Lipinski definition) is 3. The minimum Gasteiger partial charge on any atom is -0.343 e. The Morgan fingerprint density at radius 2 is 2.21 bits per heavy atom. The minimum absolute atomic E-state index is 0.138. The summed E-state index contributed by atoms with van der Waals surface area (Å²) in [5.74, 6) is -1.78. The van der Waals surface area contributed by atoms with Crippen LogP contribution in [0.15, 0.2) is 18.3 Å². The van der Waals surface area contributed by atoms with Crippen molar-refractivity contribution in [2.75, 3.05) is 13.1 Å². The molecule has 1 fully saturated rings. The van der Waals surface area contributed by atoms with Gasteiger partial charge in [0.25, 0.3) is 0 Å². The van der Waals surface area contributed by atoms with E-state index in [4.69, 9.17) is 11.1 Å². The Morgan fingerprint density at radius 3 is 2.79 bits per heavy atom. The van der Waals surface area contributed by atoms with Crippen LogP contribution in [0.1, 0.15) is 38.8 Å². The summed E-state index contributed by atoms with van der Waals surface area (Å²) < 4.78 is 13.0. The Balaban J connectivity index is 2.06. The molecule has 1 saturated heterocycles. The van der Waals surface area contributed by atoms with E-state index in [2.05, 4.69) is 10.3 Å². The lowest BCUT2D eigenvalue weighted by Gasteiger charge is -2.34. The molecule has 158 valence electrons. The maximum atomic E-state index is 13.0. The molecule has 1 unspecified atom stereocenters. The van der Waals surface area contributed by atoms with Gasteiger partial charge in [-0.3, -0.25) is 14.6 Å². The molecular weight excluding hydrogens is 377 g/mol. The number of likely N-dealkylation sites (tertiary alicyclic amines) is 1. The molecule has 9 heteroatoms. The highest BCUT2D eigenvalue weighted by Crippen LogP contribution is 2.15. The molecule has 0 aromatic carbocycles. The van der Waals surface area contributed by atoms with E-state index in [1.54, 1.807) is 19.9 Å². The molecule has 0 spiro atoms. The molecular formula is C20H28FN5O3. The van der Waals surface area contributed by atoms with Crippen molar-refractivity contribution in [1.29, 1.82) is 5.41 Å². The topological polar surface area (TPSA) is 129 Å². The van der Waals surface area contributed by atoms with E-state index >= 15 is 0 Å². The molecule has 2 atom stereocenters. The molecule has 0 aliphatic carbocycles. The summed E-state index contributed by atoms with van der Waals surface area (Å²) >= 11 is 0. The number of hydrogen-bond acceptors (Lipinski definition) is 6. The summed E-state index contributed by atoms with van der Waals surface area (Å²) in [5.41, 5.74) is 5.70. The van der Waals surface area contributed by atoms with Gasteiger partial charge in [0, 0.05) is 30.9 Å². The average Bonchev–Trinajstić information content (AvgIpc) is 2.67. The normalized spacial score (nSPS) is 18.3. The fraction of sp³-hybridized carbons (Fsp3) is 0.550. The van der Waals surface area contributed by atoms with Crippen molar-refractivity contribution in [2.24, 2.45) is 11.7 Å². The third kappa shape index (κ3) is 6.42. The Kier molecular flexibility index (Phi) is 7.55. The van der Waals surface area contributed by atoms with Crippen LogP contribution in [0.2, 0.25) is 0 Å². The van der Waals surface area contributed by atoms with Crippen LogP contribution >= 0.6 is 0 Å². The number of halogens is 1. The average molecular weight is 405 g/mol. The minimum atomic E-state index is -1.15. The summed E-state index contributed by atoms with van der Waals surface area (Å²) in [6.45, 7) is 3.58. The lowest BCUT2D eigenvalue weighted by molar-refractivity contribution is -0.138. The number of carbonyl (C=O) groups excluding carboxylic acids is 3. The van der Waals surface area contributed by atoms with Gasteiger partial charge >= 0.3 is 0 Å². The SMILES string of the molecule is CC(C)(N)C(=O)N[C@H](CCCc1ccc(F)cn1)C(=O)N1CCC(=N)C(C=O)C1. The molecule has 4 N–H and O–H groups in total.